The van der Waals surface area contributed by atoms with Gasteiger partial charge in [-0.2, -0.15) is 0 Å². The first-order valence-electron chi connectivity index (χ1n) is 3.06. The van der Waals surface area contributed by atoms with Gasteiger partial charge in [0.1, 0.15) is 0 Å². The minimum atomic E-state index is -0.0752. The molecule has 1 amide bonds. The highest BCUT2D eigenvalue weighted by atomic mass is 127. The third kappa shape index (κ3) is 2.83. The van der Waals surface area contributed by atoms with E-state index in [2.05, 4.69) is 32.9 Å². The molecule has 0 aromatic carbocycles. The highest BCUT2D eigenvalue weighted by Gasteiger charge is 1.94. The Hall–Kier alpha value is -0.650. The van der Waals surface area contributed by atoms with E-state index >= 15 is 0 Å². The molecule has 1 aromatic rings. The smallest absolute Gasteiger partial charge is 0.221 e. The van der Waals surface area contributed by atoms with Crippen molar-refractivity contribution >= 4 is 34.2 Å². The maximum Gasteiger partial charge on any atom is 0.221 e. The predicted octanol–water partition coefficient (Wildman–Crippen LogP) is 1.64. The number of nitrogens with one attached hydrogen (secondary N) is 1. The van der Waals surface area contributed by atoms with Crippen molar-refractivity contribution in [3.8, 4) is 0 Å². The first kappa shape index (κ1) is 8.45. The standard InChI is InChI=1S/C7H7IN2O/c1-5(11)10-7-2-6(8)3-9-4-7/h2-4H,1H3,(H,10,11). The van der Waals surface area contributed by atoms with Crippen molar-refractivity contribution in [1.29, 1.82) is 0 Å². The van der Waals surface area contributed by atoms with Crippen molar-refractivity contribution < 1.29 is 4.79 Å². The number of amides is 1. The fourth-order valence-electron chi connectivity index (χ4n) is 0.683. The lowest BCUT2D eigenvalue weighted by molar-refractivity contribution is -0.114. The quantitative estimate of drug-likeness (QED) is 0.782. The number of anilines is 1. The number of hydrogen-bond acceptors (Lipinski definition) is 2. The molecule has 0 aliphatic heterocycles. The highest BCUT2D eigenvalue weighted by molar-refractivity contribution is 14.1. The third-order valence-electron chi connectivity index (χ3n) is 1.03. The van der Waals surface area contributed by atoms with Crippen LogP contribution in [0.15, 0.2) is 18.5 Å². The Morgan fingerprint density at radius 3 is 2.91 bits per heavy atom. The summed E-state index contributed by atoms with van der Waals surface area (Å²) in [5.41, 5.74) is 0.740. The lowest BCUT2D eigenvalue weighted by atomic mass is 10.4. The van der Waals surface area contributed by atoms with E-state index < -0.39 is 0 Å². The predicted molar refractivity (Wildman–Crippen MR) is 51.3 cm³/mol. The van der Waals surface area contributed by atoms with Crippen LogP contribution in [-0.4, -0.2) is 10.9 Å². The molecule has 0 saturated heterocycles. The average molecular weight is 262 g/mol. The number of halogens is 1. The number of nitrogens with zero attached hydrogens (tertiary/aromatic N) is 1. The van der Waals surface area contributed by atoms with Gasteiger partial charge in [-0.25, -0.2) is 0 Å². The molecule has 0 radical (unpaired) electrons. The summed E-state index contributed by atoms with van der Waals surface area (Å²) in [5.74, 6) is -0.0752. The van der Waals surface area contributed by atoms with Crippen LogP contribution in [0.3, 0.4) is 0 Å². The monoisotopic (exact) mass is 262 g/mol. The zero-order valence-electron chi connectivity index (χ0n) is 5.97. The van der Waals surface area contributed by atoms with Crippen LogP contribution in [-0.2, 0) is 4.79 Å². The summed E-state index contributed by atoms with van der Waals surface area (Å²) in [7, 11) is 0. The van der Waals surface area contributed by atoms with Gasteiger partial charge in [0.05, 0.1) is 11.9 Å². The summed E-state index contributed by atoms with van der Waals surface area (Å²) in [4.78, 5) is 14.5. The summed E-state index contributed by atoms with van der Waals surface area (Å²) in [5, 5.41) is 2.64. The van der Waals surface area contributed by atoms with Crippen molar-refractivity contribution in [2.45, 2.75) is 6.92 Å². The summed E-state index contributed by atoms with van der Waals surface area (Å²) in [6.45, 7) is 1.47. The van der Waals surface area contributed by atoms with Crippen LogP contribution < -0.4 is 5.32 Å². The normalized spacial score (nSPS) is 9.27. The van der Waals surface area contributed by atoms with Crippen LogP contribution in [0.25, 0.3) is 0 Å². The molecule has 0 fully saturated rings. The van der Waals surface area contributed by atoms with Crippen LogP contribution in [0, 0.1) is 3.57 Å². The molecular formula is C7H7IN2O. The van der Waals surface area contributed by atoms with E-state index in [9.17, 15) is 4.79 Å². The van der Waals surface area contributed by atoms with Gasteiger partial charge in [0.15, 0.2) is 0 Å². The molecular weight excluding hydrogens is 255 g/mol. The first-order valence-corrected chi connectivity index (χ1v) is 4.14. The maximum atomic E-state index is 10.6. The number of pyridine rings is 1. The molecule has 1 rings (SSSR count). The van der Waals surface area contributed by atoms with E-state index in [0.29, 0.717) is 0 Å². The van der Waals surface area contributed by atoms with Gasteiger partial charge in [0.25, 0.3) is 0 Å². The van der Waals surface area contributed by atoms with Gasteiger partial charge in [-0.1, -0.05) is 0 Å². The lowest BCUT2D eigenvalue weighted by Gasteiger charge is -1.99. The van der Waals surface area contributed by atoms with Crippen LogP contribution in [0.5, 0.6) is 0 Å². The topological polar surface area (TPSA) is 42.0 Å². The second kappa shape index (κ2) is 3.66. The molecule has 0 aliphatic rings. The van der Waals surface area contributed by atoms with Gasteiger partial charge in [0.2, 0.25) is 5.91 Å². The SMILES string of the molecule is CC(=O)Nc1cncc(I)c1. The van der Waals surface area contributed by atoms with Crippen LogP contribution in [0.1, 0.15) is 6.92 Å². The Morgan fingerprint density at radius 2 is 2.36 bits per heavy atom. The van der Waals surface area contributed by atoms with Crippen molar-refractivity contribution in [3.05, 3.63) is 22.0 Å². The zero-order chi connectivity index (χ0) is 8.27. The number of hydrogen-bond donors (Lipinski definition) is 1. The molecule has 0 aliphatic carbocycles. The molecule has 1 N–H and O–H groups in total. The molecule has 4 heteroatoms. The van der Waals surface area contributed by atoms with Crippen molar-refractivity contribution in [2.24, 2.45) is 0 Å². The Bertz CT molecular complexity index is 275. The molecule has 11 heavy (non-hydrogen) atoms. The van der Waals surface area contributed by atoms with Crippen LogP contribution in [0.2, 0.25) is 0 Å². The van der Waals surface area contributed by atoms with E-state index in [4.69, 9.17) is 0 Å². The number of carbonyl (C=O) groups excluding carboxylic acids is 1. The minimum Gasteiger partial charge on any atom is -0.325 e. The highest BCUT2D eigenvalue weighted by Crippen LogP contribution is 2.09. The third-order valence-corrected chi connectivity index (χ3v) is 1.62. The van der Waals surface area contributed by atoms with Gasteiger partial charge >= 0.3 is 0 Å². The Labute approximate surface area is 78.4 Å². The summed E-state index contributed by atoms with van der Waals surface area (Å²) >= 11 is 2.14. The molecule has 1 heterocycles. The number of carbonyl (C=O) groups is 1. The Kier molecular flexibility index (Phi) is 2.81. The summed E-state index contributed by atoms with van der Waals surface area (Å²) < 4.78 is 1.01. The molecule has 1 aromatic heterocycles. The number of aromatic nitrogens is 1. The van der Waals surface area contributed by atoms with Crippen molar-refractivity contribution in [2.75, 3.05) is 5.32 Å². The molecule has 58 valence electrons. The Morgan fingerprint density at radius 1 is 1.64 bits per heavy atom. The molecule has 0 atom stereocenters. The molecule has 0 saturated carbocycles. The largest absolute Gasteiger partial charge is 0.325 e. The average Bonchev–Trinajstić information content (AvgIpc) is 1.85. The summed E-state index contributed by atoms with van der Waals surface area (Å²) in [6, 6.07) is 1.86. The van der Waals surface area contributed by atoms with Crippen LogP contribution >= 0.6 is 22.6 Å². The van der Waals surface area contributed by atoms with Gasteiger partial charge < -0.3 is 5.32 Å². The maximum absolute atomic E-state index is 10.6. The lowest BCUT2D eigenvalue weighted by Crippen LogP contribution is -2.05. The van der Waals surface area contributed by atoms with E-state index in [0.717, 1.165) is 9.26 Å². The van der Waals surface area contributed by atoms with Gasteiger partial charge in [-0.05, 0) is 28.7 Å². The van der Waals surface area contributed by atoms with E-state index in [1.54, 1.807) is 12.4 Å². The number of rotatable bonds is 1. The Balaban J connectivity index is 2.79. The van der Waals surface area contributed by atoms with E-state index in [1.165, 1.54) is 6.92 Å². The van der Waals surface area contributed by atoms with Crippen molar-refractivity contribution in [1.82, 2.24) is 4.98 Å². The molecule has 0 bridgehead atoms. The van der Waals surface area contributed by atoms with E-state index in [1.807, 2.05) is 6.07 Å². The summed E-state index contributed by atoms with van der Waals surface area (Å²) in [6.07, 6.45) is 3.34. The van der Waals surface area contributed by atoms with E-state index in [-0.39, 0.29) is 5.91 Å². The minimum absolute atomic E-state index is 0.0752. The molecule has 3 nitrogen and oxygen atoms in total. The fourth-order valence-corrected chi connectivity index (χ4v) is 1.18. The van der Waals surface area contributed by atoms with Gasteiger partial charge in [-0.3, -0.25) is 9.78 Å². The molecule has 0 spiro atoms. The van der Waals surface area contributed by atoms with Gasteiger partial charge in [0, 0.05) is 16.7 Å². The zero-order valence-corrected chi connectivity index (χ0v) is 8.12. The van der Waals surface area contributed by atoms with Crippen molar-refractivity contribution in [3.63, 3.8) is 0 Å². The van der Waals surface area contributed by atoms with Crippen LogP contribution in [0.4, 0.5) is 5.69 Å². The fraction of sp³-hybridized carbons (Fsp3) is 0.143. The first-order chi connectivity index (χ1) is 5.18. The second-order valence-corrected chi connectivity index (χ2v) is 3.32. The second-order valence-electron chi connectivity index (χ2n) is 2.07. The van der Waals surface area contributed by atoms with Gasteiger partial charge in [-0.15, -0.1) is 0 Å². The molecule has 0 unspecified atom stereocenters.